The zero-order chi connectivity index (χ0) is 32.8. The molecular weight excluding hydrogens is 602 g/mol. The minimum Gasteiger partial charge on any atom is -0.475 e. The van der Waals surface area contributed by atoms with Crippen molar-refractivity contribution in [3.63, 3.8) is 0 Å². The second-order valence-electron chi connectivity index (χ2n) is 9.87. The number of hydrogen-bond donors (Lipinski definition) is 4. The van der Waals surface area contributed by atoms with Gasteiger partial charge in [0.05, 0.1) is 6.04 Å². The summed E-state index contributed by atoms with van der Waals surface area (Å²) in [6.07, 6.45) is -8.92. The van der Waals surface area contributed by atoms with Crippen molar-refractivity contribution in [2.45, 2.75) is 31.5 Å². The fourth-order valence-corrected chi connectivity index (χ4v) is 4.54. The molecule has 4 rings (SSSR count). The average molecular weight is 631 g/mol. The summed E-state index contributed by atoms with van der Waals surface area (Å²) in [4.78, 5) is 34.9. The highest BCUT2D eigenvalue weighted by Gasteiger charge is 2.38. The highest BCUT2D eigenvalue weighted by atomic mass is 19.4. The Hall–Kier alpha value is -4.73. The lowest BCUT2D eigenvalue weighted by Gasteiger charge is -2.27. The molecule has 0 saturated heterocycles. The lowest BCUT2D eigenvalue weighted by Crippen LogP contribution is -2.40. The Balaban J connectivity index is 0.000000676. The molecule has 3 aromatic rings. The van der Waals surface area contributed by atoms with E-state index in [1.807, 2.05) is 43.3 Å². The molecule has 1 aliphatic rings. The van der Waals surface area contributed by atoms with E-state index in [1.165, 1.54) is 18.2 Å². The molecule has 1 atom stereocenters. The van der Waals surface area contributed by atoms with Crippen LogP contribution >= 0.6 is 0 Å². The number of aromatic nitrogens is 1. The summed E-state index contributed by atoms with van der Waals surface area (Å²) in [5.74, 6) is -3.44. The second kappa shape index (κ2) is 13.7. The number of benzene rings is 2. The first kappa shape index (κ1) is 33.8. The summed E-state index contributed by atoms with van der Waals surface area (Å²) >= 11 is 0. The number of carbonyl (C=O) groups is 3. The Kier molecular flexibility index (Phi) is 10.5. The SMILES string of the molecule is CN(C)Cc1ccc(-c2c(-c3cccc(OC(F)(F)F)c3)cn3c2C(=O)NC[C@@H]3CCNC(=O)O)cc1.O=C(O)C(F)(F)F. The lowest BCUT2D eigenvalue weighted by molar-refractivity contribution is -0.274. The Morgan fingerprint density at radius 2 is 1.68 bits per heavy atom. The van der Waals surface area contributed by atoms with Crippen molar-refractivity contribution in [1.29, 1.82) is 0 Å². The van der Waals surface area contributed by atoms with Crippen LogP contribution in [-0.4, -0.2) is 77.4 Å². The van der Waals surface area contributed by atoms with Crippen molar-refractivity contribution in [2.24, 2.45) is 0 Å². The molecule has 0 bridgehead atoms. The van der Waals surface area contributed by atoms with Crippen LogP contribution in [0.2, 0.25) is 0 Å². The third-order valence-electron chi connectivity index (χ3n) is 6.26. The van der Waals surface area contributed by atoms with Crippen molar-refractivity contribution in [3.05, 3.63) is 66.0 Å². The number of amides is 2. The van der Waals surface area contributed by atoms with Gasteiger partial charge in [0.15, 0.2) is 0 Å². The van der Waals surface area contributed by atoms with Gasteiger partial charge in [-0.3, -0.25) is 4.79 Å². The third-order valence-corrected chi connectivity index (χ3v) is 6.26. The normalized spacial score (nSPS) is 14.7. The standard InChI is InChI=1S/C26H27F3N4O4.C2HF3O2/c1-32(2)14-16-6-8-17(9-7-16)22-21(18-4-3-5-20(12-18)37-26(27,28)29)15-33-19(10-11-30-25(35)36)13-31-24(34)23(22)33;3-2(4,5)1(6)7/h3-9,12,15,19,30H,10-11,13-14H2,1-2H3,(H,31,34)(H,35,36);(H,6,7)/t19-;/m0./s1. The monoisotopic (exact) mass is 630 g/mol. The number of rotatable bonds is 8. The number of carboxylic acids is 1. The second-order valence-corrected chi connectivity index (χ2v) is 9.87. The molecular formula is C28H28F6N4O6. The van der Waals surface area contributed by atoms with Crippen LogP contribution in [0.5, 0.6) is 5.75 Å². The van der Waals surface area contributed by atoms with Crippen LogP contribution in [0.3, 0.4) is 0 Å². The molecule has 0 fully saturated rings. The largest absolute Gasteiger partial charge is 0.573 e. The number of nitrogens with one attached hydrogen (secondary N) is 2. The van der Waals surface area contributed by atoms with Gasteiger partial charge in [-0.25, -0.2) is 9.59 Å². The molecule has 1 aliphatic heterocycles. The van der Waals surface area contributed by atoms with Gasteiger partial charge in [0.25, 0.3) is 5.91 Å². The maximum atomic E-state index is 13.1. The van der Waals surface area contributed by atoms with Gasteiger partial charge in [-0.2, -0.15) is 13.2 Å². The Labute approximate surface area is 246 Å². The smallest absolute Gasteiger partial charge is 0.475 e. The van der Waals surface area contributed by atoms with Crippen molar-refractivity contribution >= 4 is 18.0 Å². The van der Waals surface area contributed by atoms with Crippen molar-refractivity contribution in [3.8, 4) is 28.0 Å². The van der Waals surface area contributed by atoms with Crippen LogP contribution in [0.25, 0.3) is 22.3 Å². The van der Waals surface area contributed by atoms with Gasteiger partial charge < -0.3 is 35.1 Å². The summed E-state index contributed by atoms with van der Waals surface area (Å²) < 4.78 is 76.3. The van der Waals surface area contributed by atoms with Gasteiger partial charge in [0, 0.05) is 37.0 Å². The molecule has 238 valence electrons. The first-order valence-electron chi connectivity index (χ1n) is 12.9. The Morgan fingerprint density at radius 1 is 1.05 bits per heavy atom. The van der Waals surface area contributed by atoms with E-state index >= 15 is 0 Å². The molecule has 0 spiro atoms. The molecule has 4 N–H and O–H groups in total. The number of hydrogen-bond acceptors (Lipinski definition) is 5. The zero-order valence-electron chi connectivity index (χ0n) is 23.3. The fourth-order valence-electron chi connectivity index (χ4n) is 4.54. The first-order valence-corrected chi connectivity index (χ1v) is 12.9. The molecule has 10 nitrogen and oxygen atoms in total. The van der Waals surface area contributed by atoms with E-state index in [0.717, 1.165) is 17.7 Å². The summed E-state index contributed by atoms with van der Waals surface area (Å²) in [7, 11) is 3.91. The number of ether oxygens (including phenoxy) is 1. The topological polar surface area (TPSA) is 133 Å². The summed E-state index contributed by atoms with van der Waals surface area (Å²) in [5, 5.41) is 21.3. The molecule has 1 aromatic heterocycles. The van der Waals surface area contributed by atoms with Crippen LogP contribution in [0.1, 0.15) is 28.5 Å². The van der Waals surface area contributed by atoms with E-state index < -0.39 is 24.6 Å². The molecule has 44 heavy (non-hydrogen) atoms. The number of aliphatic carboxylic acids is 1. The van der Waals surface area contributed by atoms with Crippen LogP contribution in [-0.2, 0) is 11.3 Å². The average Bonchev–Trinajstić information content (AvgIpc) is 3.31. The Morgan fingerprint density at radius 3 is 2.23 bits per heavy atom. The van der Waals surface area contributed by atoms with Crippen molar-refractivity contribution in [2.75, 3.05) is 27.2 Å². The molecule has 0 unspecified atom stereocenters. The van der Waals surface area contributed by atoms with Gasteiger partial charge in [-0.1, -0.05) is 36.4 Å². The molecule has 16 heteroatoms. The van der Waals surface area contributed by atoms with E-state index in [4.69, 9.17) is 15.0 Å². The number of carbonyl (C=O) groups excluding carboxylic acids is 1. The molecule has 0 aliphatic carbocycles. The maximum absolute atomic E-state index is 13.1. The highest BCUT2D eigenvalue weighted by Crippen LogP contribution is 2.41. The zero-order valence-corrected chi connectivity index (χ0v) is 23.3. The summed E-state index contributed by atoms with van der Waals surface area (Å²) in [5.41, 5.74) is 3.75. The van der Waals surface area contributed by atoms with Gasteiger partial charge >= 0.3 is 24.6 Å². The minimum absolute atomic E-state index is 0.173. The van der Waals surface area contributed by atoms with Crippen LogP contribution in [0.4, 0.5) is 31.1 Å². The first-order chi connectivity index (χ1) is 20.5. The van der Waals surface area contributed by atoms with Gasteiger partial charge in [0.1, 0.15) is 11.4 Å². The Bertz CT molecular complexity index is 1490. The molecule has 2 heterocycles. The predicted octanol–water partition coefficient (Wildman–Crippen LogP) is 5.36. The van der Waals surface area contributed by atoms with E-state index in [2.05, 4.69) is 15.4 Å². The highest BCUT2D eigenvalue weighted by molar-refractivity contribution is 6.05. The minimum atomic E-state index is -5.08. The quantitative estimate of drug-likeness (QED) is 0.247. The number of nitrogens with zero attached hydrogens (tertiary/aromatic N) is 2. The fraction of sp³-hybridized carbons (Fsp3) is 0.321. The number of fused-ring (bicyclic) bond motifs is 1. The molecule has 2 amide bonds. The maximum Gasteiger partial charge on any atom is 0.573 e. The predicted molar refractivity (Wildman–Crippen MR) is 145 cm³/mol. The summed E-state index contributed by atoms with van der Waals surface area (Å²) in [6, 6.07) is 13.0. The van der Waals surface area contributed by atoms with Gasteiger partial charge in [-0.15, -0.1) is 13.2 Å². The van der Waals surface area contributed by atoms with E-state index in [9.17, 15) is 35.9 Å². The number of carboxylic acid groups (broad SMARTS) is 2. The number of halogens is 6. The third kappa shape index (κ3) is 9.13. The van der Waals surface area contributed by atoms with Crippen LogP contribution < -0.4 is 15.4 Å². The van der Waals surface area contributed by atoms with Crippen molar-refractivity contribution in [1.82, 2.24) is 20.1 Å². The van der Waals surface area contributed by atoms with Crippen molar-refractivity contribution < 1.29 is 55.7 Å². The summed E-state index contributed by atoms with van der Waals surface area (Å²) in [6.45, 7) is 1.18. The molecule has 2 aromatic carbocycles. The van der Waals surface area contributed by atoms with Crippen LogP contribution in [0.15, 0.2) is 54.7 Å². The van der Waals surface area contributed by atoms with Gasteiger partial charge in [0.2, 0.25) is 0 Å². The van der Waals surface area contributed by atoms with E-state index in [-0.39, 0.29) is 24.2 Å². The van der Waals surface area contributed by atoms with Crippen LogP contribution in [0, 0.1) is 0 Å². The van der Waals surface area contributed by atoms with Gasteiger partial charge in [-0.05, 0) is 49.3 Å². The molecule has 0 saturated carbocycles. The lowest BCUT2D eigenvalue weighted by atomic mass is 9.95. The van der Waals surface area contributed by atoms with E-state index in [0.29, 0.717) is 35.3 Å². The van der Waals surface area contributed by atoms with E-state index in [1.54, 1.807) is 16.8 Å². The number of alkyl halides is 6. The molecule has 0 radical (unpaired) electrons.